The van der Waals surface area contributed by atoms with E-state index in [1.165, 1.54) is 0 Å². The molecular formula is C23H28BrN3O2. The lowest BCUT2D eigenvalue weighted by molar-refractivity contribution is -0.131. The number of hydrogen-bond acceptors (Lipinski definition) is 3. The lowest BCUT2D eigenvalue weighted by atomic mass is 10.1. The average molecular weight is 458 g/mol. The second kappa shape index (κ2) is 10.4. The van der Waals surface area contributed by atoms with Crippen molar-refractivity contribution in [3.05, 3.63) is 58.6 Å². The van der Waals surface area contributed by atoms with E-state index in [0.29, 0.717) is 12.0 Å². The molecule has 1 saturated heterocycles. The maximum absolute atomic E-state index is 12.4. The maximum Gasteiger partial charge on any atom is 0.256 e. The smallest absolute Gasteiger partial charge is 0.256 e. The van der Waals surface area contributed by atoms with E-state index in [1.807, 2.05) is 47.4 Å². The summed E-state index contributed by atoms with van der Waals surface area (Å²) in [7, 11) is 0. The summed E-state index contributed by atoms with van der Waals surface area (Å²) in [6.45, 7) is 5.36. The predicted octanol–water partition coefficient (Wildman–Crippen LogP) is 4.93. The topological polar surface area (TPSA) is 52.7 Å². The Bertz CT molecular complexity index is 830. The number of benzene rings is 2. The van der Waals surface area contributed by atoms with Gasteiger partial charge in [0.15, 0.2) is 0 Å². The van der Waals surface area contributed by atoms with Gasteiger partial charge >= 0.3 is 0 Å². The van der Waals surface area contributed by atoms with Crippen LogP contribution in [-0.2, 0) is 4.79 Å². The summed E-state index contributed by atoms with van der Waals surface area (Å²) in [5.74, 6) is 0.142. The highest BCUT2D eigenvalue weighted by Crippen LogP contribution is 2.22. The zero-order valence-electron chi connectivity index (χ0n) is 16.9. The van der Waals surface area contributed by atoms with Crippen LogP contribution in [-0.4, -0.2) is 42.9 Å². The number of piperazine rings is 1. The van der Waals surface area contributed by atoms with Crippen molar-refractivity contribution in [2.45, 2.75) is 32.6 Å². The highest BCUT2D eigenvalue weighted by molar-refractivity contribution is 9.10. The molecule has 0 saturated carbocycles. The summed E-state index contributed by atoms with van der Waals surface area (Å²) in [4.78, 5) is 29.0. The average Bonchev–Trinajstić information content (AvgIpc) is 2.75. The molecule has 0 aliphatic carbocycles. The van der Waals surface area contributed by atoms with Crippen molar-refractivity contribution in [3.8, 4) is 0 Å². The molecule has 2 amide bonds. The molecule has 5 nitrogen and oxygen atoms in total. The summed E-state index contributed by atoms with van der Waals surface area (Å²) in [5, 5.41) is 2.94. The molecule has 0 bridgehead atoms. The van der Waals surface area contributed by atoms with Crippen LogP contribution in [0.4, 0.5) is 11.4 Å². The zero-order chi connectivity index (χ0) is 20.6. The molecule has 2 aromatic rings. The summed E-state index contributed by atoms with van der Waals surface area (Å²) in [6, 6.07) is 15.3. The van der Waals surface area contributed by atoms with E-state index in [9.17, 15) is 9.59 Å². The van der Waals surface area contributed by atoms with Crippen LogP contribution < -0.4 is 10.2 Å². The fourth-order valence-electron chi connectivity index (χ4n) is 3.50. The highest BCUT2D eigenvalue weighted by atomic mass is 79.9. The van der Waals surface area contributed by atoms with Gasteiger partial charge in [0.2, 0.25) is 5.91 Å². The van der Waals surface area contributed by atoms with Gasteiger partial charge in [-0.1, -0.05) is 31.9 Å². The number of unbranched alkanes of at least 4 members (excludes halogenated alkanes) is 2. The Morgan fingerprint density at radius 3 is 2.31 bits per heavy atom. The van der Waals surface area contributed by atoms with E-state index < -0.39 is 0 Å². The van der Waals surface area contributed by atoms with Crippen LogP contribution >= 0.6 is 15.9 Å². The van der Waals surface area contributed by atoms with E-state index in [1.54, 1.807) is 6.07 Å². The number of hydrogen-bond donors (Lipinski definition) is 1. The first kappa shape index (κ1) is 21.4. The van der Waals surface area contributed by atoms with Crippen molar-refractivity contribution < 1.29 is 9.59 Å². The molecule has 1 fully saturated rings. The van der Waals surface area contributed by atoms with Crippen molar-refractivity contribution in [1.29, 1.82) is 0 Å². The van der Waals surface area contributed by atoms with Gasteiger partial charge in [0.1, 0.15) is 0 Å². The lowest BCUT2D eigenvalue weighted by Gasteiger charge is -2.36. The Kier molecular flexibility index (Phi) is 7.69. The molecule has 29 heavy (non-hydrogen) atoms. The maximum atomic E-state index is 12.4. The van der Waals surface area contributed by atoms with Crippen molar-refractivity contribution in [2.75, 3.05) is 36.4 Å². The number of amides is 2. The molecule has 0 spiro atoms. The van der Waals surface area contributed by atoms with Crippen molar-refractivity contribution in [1.82, 2.24) is 4.90 Å². The molecular weight excluding hydrogens is 430 g/mol. The molecule has 3 rings (SSSR count). The molecule has 1 heterocycles. The SMILES string of the molecule is CCCCCC(=O)N1CCN(c2ccc(NC(=O)c3ccccc3Br)cc2)CC1. The third-order valence-electron chi connectivity index (χ3n) is 5.24. The molecule has 1 aliphatic rings. The minimum Gasteiger partial charge on any atom is -0.368 e. The second-order valence-corrected chi connectivity index (χ2v) is 8.16. The van der Waals surface area contributed by atoms with Crippen LogP contribution in [0.25, 0.3) is 0 Å². The van der Waals surface area contributed by atoms with E-state index in [-0.39, 0.29) is 11.8 Å². The molecule has 0 radical (unpaired) electrons. The van der Waals surface area contributed by atoms with Gasteiger partial charge in [-0.2, -0.15) is 0 Å². The van der Waals surface area contributed by atoms with Gasteiger partial charge in [-0.25, -0.2) is 0 Å². The molecule has 1 N–H and O–H groups in total. The normalized spacial score (nSPS) is 14.0. The first-order valence-electron chi connectivity index (χ1n) is 10.3. The number of nitrogens with zero attached hydrogens (tertiary/aromatic N) is 2. The van der Waals surface area contributed by atoms with Crippen LogP contribution in [0.5, 0.6) is 0 Å². The van der Waals surface area contributed by atoms with E-state index in [0.717, 1.165) is 61.3 Å². The third-order valence-corrected chi connectivity index (χ3v) is 5.93. The van der Waals surface area contributed by atoms with Gasteiger partial charge in [-0.3, -0.25) is 9.59 Å². The number of rotatable bonds is 7. The number of anilines is 2. The standard InChI is InChI=1S/C23H28BrN3O2/c1-2-3-4-9-22(28)27-16-14-26(15-17-27)19-12-10-18(11-13-19)25-23(29)20-7-5-6-8-21(20)24/h5-8,10-13H,2-4,9,14-17H2,1H3,(H,25,29). The van der Waals surface area contributed by atoms with Gasteiger partial charge in [0.25, 0.3) is 5.91 Å². The quantitative estimate of drug-likeness (QED) is 0.599. The Morgan fingerprint density at radius 2 is 1.66 bits per heavy atom. The number of nitrogens with one attached hydrogen (secondary N) is 1. The van der Waals surface area contributed by atoms with Crippen molar-refractivity contribution >= 4 is 39.1 Å². The first-order valence-corrected chi connectivity index (χ1v) is 11.1. The summed E-state index contributed by atoms with van der Waals surface area (Å²) in [5.41, 5.74) is 2.48. The summed E-state index contributed by atoms with van der Waals surface area (Å²) >= 11 is 3.41. The molecule has 1 aliphatic heterocycles. The molecule has 6 heteroatoms. The molecule has 2 aromatic carbocycles. The largest absolute Gasteiger partial charge is 0.368 e. The van der Waals surface area contributed by atoms with Gasteiger partial charge in [0, 0.05) is 48.4 Å². The van der Waals surface area contributed by atoms with Crippen molar-refractivity contribution in [3.63, 3.8) is 0 Å². The van der Waals surface area contributed by atoms with Crippen LogP contribution in [0.3, 0.4) is 0 Å². The molecule has 0 aromatic heterocycles. The second-order valence-electron chi connectivity index (χ2n) is 7.31. The summed E-state index contributed by atoms with van der Waals surface area (Å²) < 4.78 is 0.774. The minimum atomic E-state index is -0.138. The fraction of sp³-hybridized carbons (Fsp3) is 0.391. The van der Waals surface area contributed by atoms with Gasteiger partial charge in [-0.15, -0.1) is 0 Å². The van der Waals surface area contributed by atoms with E-state index >= 15 is 0 Å². The van der Waals surface area contributed by atoms with Gasteiger partial charge in [0.05, 0.1) is 5.56 Å². The Morgan fingerprint density at radius 1 is 0.966 bits per heavy atom. The van der Waals surface area contributed by atoms with Crippen LogP contribution in [0.1, 0.15) is 43.0 Å². The van der Waals surface area contributed by atoms with Gasteiger partial charge in [-0.05, 0) is 58.7 Å². The Hall–Kier alpha value is -2.34. The Balaban J connectivity index is 1.51. The van der Waals surface area contributed by atoms with Gasteiger partial charge < -0.3 is 15.1 Å². The number of halogens is 1. The predicted molar refractivity (Wildman–Crippen MR) is 121 cm³/mol. The van der Waals surface area contributed by atoms with Crippen LogP contribution in [0.2, 0.25) is 0 Å². The van der Waals surface area contributed by atoms with E-state index in [4.69, 9.17) is 0 Å². The van der Waals surface area contributed by atoms with Crippen molar-refractivity contribution in [2.24, 2.45) is 0 Å². The molecule has 154 valence electrons. The molecule has 0 unspecified atom stereocenters. The highest BCUT2D eigenvalue weighted by Gasteiger charge is 2.21. The van der Waals surface area contributed by atoms with Crippen LogP contribution in [0, 0.1) is 0 Å². The minimum absolute atomic E-state index is 0.138. The Labute approximate surface area is 181 Å². The molecule has 0 atom stereocenters. The fourth-order valence-corrected chi connectivity index (χ4v) is 3.96. The third kappa shape index (κ3) is 5.82. The van der Waals surface area contributed by atoms with Crippen LogP contribution in [0.15, 0.2) is 53.0 Å². The summed E-state index contributed by atoms with van der Waals surface area (Å²) in [6.07, 6.45) is 3.91. The zero-order valence-corrected chi connectivity index (χ0v) is 18.5. The number of carbonyl (C=O) groups excluding carboxylic acids is 2. The monoisotopic (exact) mass is 457 g/mol. The first-order chi connectivity index (χ1) is 14.1. The lowest BCUT2D eigenvalue weighted by Crippen LogP contribution is -2.48. The van der Waals surface area contributed by atoms with E-state index in [2.05, 4.69) is 33.1 Å². The number of carbonyl (C=O) groups is 2.